The third-order valence-corrected chi connectivity index (χ3v) is 3.28. The average molecular weight is 258 g/mol. The molecule has 0 amide bonds. The lowest BCUT2D eigenvalue weighted by Crippen LogP contribution is -2.01. The fourth-order valence-electron chi connectivity index (χ4n) is 2.47. The predicted molar refractivity (Wildman–Crippen MR) is 78.7 cm³/mol. The van der Waals surface area contributed by atoms with E-state index in [0.29, 0.717) is 0 Å². The van der Waals surface area contributed by atoms with Crippen LogP contribution in [0.4, 0.5) is 0 Å². The number of allylic oxidation sites excluding steroid dienone is 1. The molecule has 1 heterocycles. The van der Waals surface area contributed by atoms with Crippen LogP contribution in [0.25, 0.3) is 11.6 Å². The maximum atomic E-state index is 4.16. The topological polar surface area (TPSA) is 12.9 Å². The standard InChI is InChI=1S/C16H15N.ClH/c1-2-9-16-14(6-1)7-3-8-15(16)11-13-5-4-10-17-12-13;/h1-2,4-6,9-12H,3,7-8H2;1H/b15-11-;. The first kappa shape index (κ1) is 12.8. The third-order valence-electron chi connectivity index (χ3n) is 3.28. The van der Waals surface area contributed by atoms with E-state index in [1.165, 1.54) is 41.5 Å². The molecule has 0 spiro atoms. The van der Waals surface area contributed by atoms with Gasteiger partial charge in [-0.3, -0.25) is 4.98 Å². The SMILES string of the molecule is C(=C1\CCCc2ccccc21)/c1cccnc1.Cl. The molecule has 1 aliphatic rings. The molecule has 1 aliphatic carbocycles. The molecule has 1 aromatic carbocycles. The van der Waals surface area contributed by atoms with Gasteiger partial charge in [-0.15, -0.1) is 12.4 Å². The van der Waals surface area contributed by atoms with Gasteiger partial charge in [0, 0.05) is 12.4 Å². The van der Waals surface area contributed by atoms with E-state index in [-0.39, 0.29) is 12.4 Å². The zero-order valence-electron chi connectivity index (χ0n) is 10.2. The lowest BCUT2D eigenvalue weighted by atomic mass is 9.86. The number of benzene rings is 1. The van der Waals surface area contributed by atoms with Gasteiger partial charge in [-0.1, -0.05) is 30.3 Å². The summed E-state index contributed by atoms with van der Waals surface area (Å²) >= 11 is 0. The van der Waals surface area contributed by atoms with Crippen LogP contribution < -0.4 is 0 Å². The van der Waals surface area contributed by atoms with E-state index < -0.39 is 0 Å². The first-order chi connectivity index (χ1) is 8.43. The van der Waals surface area contributed by atoms with Crippen LogP contribution in [0.1, 0.15) is 29.5 Å². The number of aryl methyl sites for hydroxylation is 1. The summed E-state index contributed by atoms with van der Waals surface area (Å²) in [6, 6.07) is 12.8. The van der Waals surface area contributed by atoms with Gasteiger partial charge in [0.2, 0.25) is 0 Å². The maximum Gasteiger partial charge on any atom is 0.0340 e. The molecule has 0 unspecified atom stereocenters. The van der Waals surface area contributed by atoms with E-state index in [1.54, 1.807) is 0 Å². The van der Waals surface area contributed by atoms with Crippen molar-refractivity contribution in [2.45, 2.75) is 19.3 Å². The van der Waals surface area contributed by atoms with E-state index >= 15 is 0 Å². The fourth-order valence-corrected chi connectivity index (χ4v) is 2.47. The Balaban J connectivity index is 0.00000120. The van der Waals surface area contributed by atoms with Crippen LogP contribution in [-0.2, 0) is 6.42 Å². The van der Waals surface area contributed by atoms with E-state index in [0.717, 1.165) is 0 Å². The highest BCUT2D eigenvalue weighted by atomic mass is 35.5. The smallest absolute Gasteiger partial charge is 0.0340 e. The monoisotopic (exact) mass is 257 g/mol. The molecule has 0 saturated carbocycles. The summed E-state index contributed by atoms with van der Waals surface area (Å²) in [6.07, 6.45) is 9.64. The highest BCUT2D eigenvalue weighted by Crippen LogP contribution is 2.31. The molecule has 0 N–H and O–H groups in total. The number of halogens is 1. The summed E-state index contributed by atoms with van der Waals surface area (Å²) in [5, 5.41) is 0. The normalized spacial score (nSPS) is 15.9. The molecule has 0 radical (unpaired) electrons. The second kappa shape index (κ2) is 5.83. The highest BCUT2D eigenvalue weighted by Gasteiger charge is 2.12. The van der Waals surface area contributed by atoms with Crippen molar-refractivity contribution in [2.24, 2.45) is 0 Å². The lowest BCUT2D eigenvalue weighted by molar-refractivity contribution is 0.824. The molecule has 0 saturated heterocycles. The van der Waals surface area contributed by atoms with Gasteiger partial charge in [-0.25, -0.2) is 0 Å². The highest BCUT2D eigenvalue weighted by molar-refractivity contribution is 5.85. The first-order valence-corrected chi connectivity index (χ1v) is 6.12. The molecule has 0 atom stereocenters. The summed E-state index contributed by atoms with van der Waals surface area (Å²) in [4.78, 5) is 4.16. The summed E-state index contributed by atoms with van der Waals surface area (Å²) < 4.78 is 0. The van der Waals surface area contributed by atoms with Crippen molar-refractivity contribution in [1.29, 1.82) is 0 Å². The van der Waals surface area contributed by atoms with Crippen molar-refractivity contribution < 1.29 is 0 Å². The summed E-state index contributed by atoms with van der Waals surface area (Å²) in [5.74, 6) is 0. The Kier molecular flexibility index (Phi) is 4.16. The second-order valence-corrected chi connectivity index (χ2v) is 4.47. The number of hydrogen-bond acceptors (Lipinski definition) is 1. The lowest BCUT2D eigenvalue weighted by Gasteiger charge is -2.18. The van der Waals surface area contributed by atoms with Gasteiger partial charge in [0.1, 0.15) is 0 Å². The number of fused-ring (bicyclic) bond motifs is 1. The minimum Gasteiger partial charge on any atom is -0.264 e. The Hall–Kier alpha value is -1.60. The van der Waals surface area contributed by atoms with Crippen LogP contribution in [-0.4, -0.2) is 4.98 Å². The van der Waals surface area contributed by atoms with Crippen LogP contribution in [0.3, 0.4) is 0 Å². The molecular weight excluding hydrogens is 242 g/mol. The number of rotatable bonds is 1. The summed E-state index contributed by atoms with van der Waals surface area (Å²) in [5.41, 5.74) is 5.54. The molecule has 1 nitrogen and oxygen atoms in total. The zero-order chi connectivity index (χ0) is 11.5. The minimum atomic E-state index is 0. The number of aromatic nitrogens is 1. The molecule has 1 aromatic heterocycles. The molecule has 18 heavy (non-hydrogen) atoms. The van der Waals surface area contributed by atoms with Gasteiger partial charge >= 0.3 is 0 Å². The Morgan fingerprint density at radius 1 is 1.00 bits per heavy atom. The molecule has 92 valence electrons. The van der Waals surface area contributed by atoms with Crippen LogP contribution in [0.15, 0.2) is 48.8 Å². The Morgan fingerprint density at radius 2 is 1.89 bits per heavy atom. The Labute approximate surface area is 114 Å². The van der Waals surface area contributed by atoms with Gasteiger partial charge in [0.15, 0.2) is 0 Å². The van der Waals surface area contributed by atoms with Gasteiger partial charge < -0.3 is 0 Å². The van der Waals surface area contributed by atoms with Crippen LogP contribution >= 0.6 is 12.4 Å². The van der Waals surface area contributed by atoms with Crippen molar-refractivity contribution in [2.75, 3.05) is 0 Å². The Bertz CT molecular complexity index is 546. The zero-order valence-corrected chi connectivity index (χ0v) is 11.0. The molecule has 3 rings (SSSR count). The number of hydrogen-bond donors (Lipinski definition) is 0. The third kappa shape index (κ3) is 2.62. The second-order valence-electron chi connectivity index (χ2n) is 4.47. The maximum absolute atomic E-state index is 4.16. The van der Waals surface area contributed by atoms with E-state index in [1.807, 2.05) is 18.5 Å². The number of nitrogens with zero attached hydrogens (tertiary/aromatic N) is 1. The largest absolute Gasteiger partial charge is 0.264 e. The molecule has 0 bridgehead atoms. The molecule has 0 aliphatic heterocycles. The number of pyridine rings is 1. The van der Waals surface area contributed by atoms with E-state index in [2.05, 4.69) is 41.4 Å². The quantitative estimate of drug-likeness (QED) is 0.739. The van der Waals surface area contributed by atoms with Crippen LogP contribution in [0.5, 0.6) is 0 Å². The summed E-state index contributed by atoms with van der Waals surface area (Å²) in [7, 11) is 0. The van der Waals surface area contributed by atoms with Crippen molar-refractivity contribution in [3.05, 3.63) is 65.5 Å². The van der Waals surface area contributed by atoms with Gasteiger partial charge in [0.25, 0.3) is 0 Å². The minimum absolute atomic E-state index is 0. The van der Waals surface area contributed by atoms with Crippen molar-refractivity contribution in [3.63, 3.8) is 0 Å². The summed E-state index contributed by atoms with van der Waals surface area (Å²) in [6.45, 7) is 0. The predicted octanol–water partition coefficient (Wildman–Crippen LogP) is 4.38. The molecule has 2 aromatic rings. The fraction of sp³-hybridized carbons (Fsp3) is 0.188. The van der Waals surface area contributed by atoms with E-state index in [9.17, 15) is 0 Å². The molecular formula is C16H16ClN. The van der Waals surface area contributed by atoms with Crippen molar-refractivity contribution in [3.8, 4) is 0 Å². The van der Waals surface area contributed by atoms with Gasteiger partial charge in [-0.2, -0.15) is 0 Å². The van der Waals surface area contributed by atoms with Crippen LogP contribution in [0.2, 0.25) is 0 Å². The van der Waals surface area contributed by atoms with Crippen molar-refractivity contribution >= 4 is 24.1 Å². The Morgan fingerprint density at radius 3 is 2.72 bits per heavy atom. The van der Waals surface area contributed by atoms with E-state index in [4.69, 9.17) is 0 Å². The first-order valence-electron chi connectivity index (χ1n) is 6.12. The van der Waals surface area contributed by atoms with Crippen molar-refractivity contribution in [1.82, 2.24) is 4.98 Å². The molecule has 2 heteroatoms. The van der Waals surface area contributed by atoms with Gasteiger partial charge in [0.05, 0.1) is 0 Å². The average Bonchev–Trinajstić information content (AvgIpc) is 2.40. The van der Waals surface area contributed by atoms with Crippen LogP contribution in [0, 0.1) is 0 Å². The van der Waals surface area contributed by atoms with Gasteiger partial charge in [-0.05, 0) is 53.7 Å². The molecule has 0 fully saturated rings.